The van der Waals surface area contributed by atoms with Crippen molar-refractivity contribution < 1.29 is 42.9 Å². The number of carbonyl (C=O) groups is 5. The number of amides is 5. The van der Waals surface area contributed by atoms with Crippen LogP contribution >= 0.6 is 11.6 Å². The summed E-state index contributed by atoms with van der Waals surface area (Å²) in [4.78, 5) is 72.3. The number of aromatic nitrogens is 2. The van der Waals surface area contributed by atoms with E-state index in [0.29, 0.717) is 57.9 Å². The fourth-order valence-corrected chi connectivity index (χ4v) is 6.53. The van der Waals surface area contributed by atoms with Gasteiger partial charge in [0.15, 0.2) is 0 Å². The molecule has 6 rings (SSSR count). The fraction of sp³-hybridized carbons (Fsp3) is 0.326. The summed E-state index contributed by atoms with van der Waals surface area (Å²) in [5.41, 5.74) is 5.07. The minimum Gasteiger partial charge on any atom is -0.379 e. The highest BCUT2D eigenvalue weighted by atomic mass is 35.5. The lowest BCUT2D eigenvalue weighted by Crippen LogP contribution is -2.54. The summed E-state index contributed by atoms with van der Waals surface area (Å²) in [5, 5.41) is 8.63. The van der Waals surface area contributed by atoms with Crippen LogP contribution in [0, 0.1) is 0 Å². The van der Waals surface area contributed by atoms with Crippen molar-refractivity contribution in [2.24, 2.45) is 0 Å². The van der Waals surface area contributed by atoms with Crippen LogP contribution in [0.15, 0.2) is 79.3 Å². The predicted octanol–water partition coefficient (Wildman–Crippen LogP) is 4.55. The van der Waals surface area contributed by atoms with Gasteiger partial charge in [-0.15, -0.1) is 0 Å². The van der Waals surface area contributed by atoms with Gasteiger partial charge in [-0.1, -0.05) is 60.2 Å². The molecule has 1 unspecified atom stereocenters. The number of ether oxygens (including phenoxy) is 4. The Morgan fingerprint density at radius 2 is 1.53 bits per heavy atom. The van der Waals surface area contributed by atoms with Crippen molar-refractivity contribution in [3.8, 4) is 11.1 Å². The first kappa shape index (κ1) is 42.9. The van der Waals surface area contributed by atoms with E-state index in [0.717, 1.165) is 32.7 Å². The lowest BCUT2D eigenvalue weighted by molar-refractivity contribution is -0.136. The average Bonchev–Trinajstić information content (AvgIpc) is 3.49. The second-order valence-corrected chi connectivity index (χ2v) is 13.9. The quantitative estimate of drug-likeness (QED) is 0.0571. The molecule has 1 saturated heterocycles. The molecule has 0 bridgehead atoms. The van der Waals surface area contributed by atoms with Crippen LogP contribution in [-0.2, 0) is 39.9 Å². The van der Waals surface area contributed by atoms with Gasteiger partial charge in [0.05, 0.1) is 76.1 Å². The van der Waals surface area contributed by atoms with Gasteiger partial charge in [0.1, 0.15) is 11.2 Å². The lowest BCUT2D eigenvalue weighted by Gasteiger charge is -2.27. The maximum absolute atomic E-state index is 13.2. The number of nitrogens with one attached hydrogen (secondary N) is 3. The minimum atomic E-state index is -1.09. The van der Waals surface area contributed by atoms with E-state index in [2.05, 4.69) is 32.0 Å². The molecule has 308 valence electrons. The summed E-state index contributed by atoms with van der Waals surface area (Å²) in [6.07, 6.45) is 9.41. The maximum atomic E-state index is 13.2. The normalized spacial score (nSPS) is 15.2. The van der Waals surface area contributed by atoms with Crippen LogP contribution < -0.4 is 16.0 Å². The molecular weight excluding hydrogens is 780 g/mol. The molecule has 2 aliphatic rings. The second kappa shape index (κ2) is 21.9. The molecule has 5 amide bonds. The molecule has 2 aliphatic heterocycles. The lowest BCUT2D eigenvalue weighted by atomic mass is 10.0. The van der Waals surface area contributed by atoms with Crippen molar-refractivity contribution in [2.75, 3.05) is 64.7 Å². The first-order chi connectivity index (χ1) is 28.8. The minimum absolute atomic E-state index is 0.00299. The van der Waals surface area contributed by atoms with Gasteiger partial charge in [-0.3, -0.25) is 39.2 Å². The summed E-state index contributed by atoms with van der Waals surface area (Å²) < 4.78 is 22.2. The van der Waals surface area contributed by atoms with E-state index in [9.17, 15) is 24.0 Å². The Bertz CT molecular complexity index is 2150. The number of carbonyl (C=O) groups excluding carboxylic acids is 5. The molecule has 0 radical (unpaired) electrons. The first-order valence-electron chi connectivity index (χ1n) is 19.3. The van der Waals surface area contributed by atoms with Crippen LogP contribution in [0.2, 0.25) is 5.15 Å². The van der Waals surface area contributed by atoms with Gasteiger partial charge in [-0.2, -0.15) is 0 Å². The van der Waals surface area contributed by atoms with Crippen molar-refractivity contribution in [3.63, 3.8) is 0 Å². The largest absolute Gasteiger partial charge is 0.379 e. The smallest absolute Gasteiger partial charge is 0.264 e. The van der Waals surface area contributed by atoms with E-state index in [1.165, 1.54) is 12.1 Å². The van der Waals surface area contributed by atoms with Gasteiger partial charge < -0.3 is 29.6 Å². The average molecular weight is 825 g/mol. The monoisotopic (exact) mass is 824 g/mol. The SMILES string of the molecule is O=C1CCC(N2C(=O)c3cccc(NC(=O)CCOCCOCCOCCOCCNCc4cncc(-c5cnc(Cl)c(/C=C/c6ccccc6)c5)c4)c3C2=O)C(=O)N1. The number of anilines is 1. The van der Waals surface area contributed by atoms with Crippen molar-refractivity contribution in [2.45, 2.75) is 31.8 Å². The Kier molecular flexibility index (Phi) is 15.9. The van der Waals surface area contributed by atoms with Gasteiger partial charge in [0, 0.05) is 54.8 Å². The van der Waals surface area contributed by atoms with Crippen molar-refractivity contribution in [1.29, 1.82) is 0 Å². The molecule has 59 heavy (non-hydrogen) atoms. The number of pyridine rings is 2. The zero-order valence-corrected chi connectivity index (χ0v) is 33.1. The Morgan fingerprint density at radius 1 is 0.814 bits per heavy atom. The Balaban J connectivity index is 0.771. The van der Waals surface area contributed by atoms with Gasteiger partial charge in [0.25, 0.3) is 11.8 Å². The molecule has 4 aromatic rings. The third-order valence-electron chi connectivity index (χ3n) is 9.33. The summed E-state index contributed by atoms with van der Waals surface area (Å²) in [6, 6.07) is 17.5. The highest BCUT2D eigenvalue weighted by molar-refractivity contribution is 6.31. The van der Waals surface area contributed by atoms with E-state index in [-0.39, 0.29) is 49.3 Å². The van der Waals surface area contributed by atoms with Gasteiger partial charge in [0.2, 0.25) is 17.7 Å². The van der Waals surface area contributed by atoms with Crippen LogP contribution in [0.1, 0.15) is 56.7 Å². The van der Waals surface area contributed by atoms with Crippen LogP contribution in [0.5, 0.6) is 0 Å². The number of halogens is 1. The van der Waals surface area contributed by atoms with E-state index in [1.807, 2.05) is 60.9 Å². The van der Waals surface area contributed by atoms with Crippen molar-refractivity contribution in [3.05, 3.63) is 112 Å². The molecule has 15 nitrogen and oxygen atoms in total. The molecule has 0 saturated carbocycles. The predicted molar refractivity (Wildman–Crippen MR) is 219 cm³/mol. The number of nitrogens with zero attached hydrogens (tertiary/aromatic N) is 3. The molecule has 0 spiro atoms. The van der Waals surface area contributed by atoms with Gasteiger partial charge >= 0.3 is 0 Å². The first-order valence-corrected chi connectivity index (χ1v) is 19.7. The maximum Gasteiger partial charge on any atom is 0.264 e. The van der Waals surface area contributed by atoms with E-state index in [1.54, 1.807) is 12.3 Å². The number of imide groups is 2. The zero-order valence-electron chi connectivity index (χ0n) is 32.3. The highest BCUT2D eigenvalue weighted by Crippen LogP contribution is 2.32. The molecule has 1 atom stereocenters. The van der Waals surface area contributed by atoms with Crippen LogP contribution in [0.4, 0.5) is 5.69 Å². The number of benzene rings is 2. The molecule has 3 N–H and O–H groups in total. The van der Waals surface area contributed by atoms with E-state index in [4.69, 9.17) is 30.5 Å². The highest BCUT2D eigenvalue weighted by Gasteiger charge is 2.45. The van der Waals surface area contributed by atoms with Crippen molar-refractivity contribution in [1.82, 2.24) is 25.5 Å². The van der Waals surface area contributed by atoms with Gasteiger partial charge in [-0.05, 0) is 41.8 Å². The van der Waals surface area contributed by atoms with Crippen LogP contribution in [0.3, 0.4) is 0 Å². The number of hydrogen-bond donors (Lipinski definition) is 3. The molecule has 1 fully saturated rings. The molecule has 2 aromatic heterocycles. The van der Waals surface area contributed by atoms with E-state index >= 15 is 0 Å². The number of piperidine rings is 1. The number of fused-ring (bicyclic) bond motifs is 1. The van der Waals surface area contributed by atoms with Crippen LogP contribution in [0.25, 0.3) is 23.3 Å². The van der Waals surface area contributed by atoms with Gasteiger partial charge in [-0.25, -0.2) is 4.98 Å². The summed E-state index contributed by atoms with van der Waals surface area (Å²) in [5.74, 6) is -2.92. The van der Waals surface area contributed by atoms with E-state index < -0.39 is 35.6 Å². The second-order valence-electron chi connectivity index (χ2n) is 13.5. The molecule has 0 aliphatic carbocycles. The molecule has 16 heteroatoms. The third kappa shape index (κ3) is 12.2. The van der Waals surface area contributed by atoms with Crippen LogP contribution in [-0.4, -0.2) is 110 Å². The number of hydrogen-bond acceptors (Lipinski definition) is 12. The summed E-state index contributed by atoms with van der Waals surface area (Å²) in [6.45, 7) is 4.15. The molecule has 4 heterocycles. The Labute approximate surface area is 346 Å². The Morgan fingerprint density at radius 3 is 2.27 bits per heavy atom. The molecular formula is C43H45ClN6O9. The third-order valence-corrected chi connectivity index (χ3v) is 9.65. The molecule has 2 aromatic carbocycles. The number of rotatable bonds is 22. The topological polar surface area (TPSA) is 187 Å². The summed E-state index contributed by atoms with van der Waals surface area (Å²) >= 11 is 6.37. The fourth-order valence-electron chi connectivity index (χ4n) is 6.37. The van der Waals surface area contributed by atoms with Crippen molar-refractivity contribution >= 4 is 59.0 Å². The zero-order chi connectivity index (χ0) is 41.4. The standard InChI is InChI=1S/C43H45ClN6O9/c44-40-31(10-9-29-5-2-1-3-6-29)24-33(28-47-40)32-23-30(26-46-27-32)25-45-14-16-57-18-20-59-22-21-58-19-17-56-15-13-38(52)48-35-8-4-7-34-39(35)43(55)50(42(34)54)36-11-12-37(51)49-41(36)53/h1-10,23-24,26-28,36,45H,11-22,25H2,(H,48,52)(H,49,51,53)/b10-9+. The summed E-state index contributed by atoms with van der Waals surface area (Å²) in [7, 11) is 0. The Hall–Kier alpha value is -5.68.